The standard InChI is InChI=1S/C21H21ClFN5O3/c22-16-3-1-14(2-4-16)15-7-8-27(10-15)21(30)19-6-5-18(9-20(19)23)31-12-17(29)11-28-25-13-24-26-28/h1-6,9,13,15,17,29H,7-8,10-12H2/t15-,17+/m0/s1. The second-order valence-corrected chi connectivity index (χ2v) is 7.82. The number of carbonyl (C=O) groups is 1. The first-order valence-corrected chi connectivity index (χ1v) is 10.2. The van der Waals surface area contributed by atoms with Crippen LogP contribution in [0.1, 0.15) is 28.3 Å². The highest BCUT2D eigenvalue weighted by Gasteiger charge is 2.29. The molecule has 0 unspecified atom stereocenters. The summed E-state index contributed by atoms with van der Waals surface area (Å²) in [4.78, 5) is 15.7. The number of carbonyl (C=O) groups excluding carboxylic acids is 1. The predicted octanol–water partition coefficient (Wildman–Crippen LogP) is 2.54. The van der Waals surface area contributed by atoms with Crippen molar-refractivity contribution in [3.63, 3.8) is 0 Å². The first-order chi connectivity index (χ1) is 15.0. The lowest BCUT2D eigenvalue weighted by Crippen LogP contribution is -2.29. The number of rotatable bonds is 7. The van der Waals surface area contributed by atoms with Gasteiger partial charge in [0.25, 0.3) is 5.91 Å². The van der Waals surface area contributed by atoms with Gasteiger partial charge in [0, 0.05) is 30.1 Å². The minimum atomic E-state index is -0.895. The summed E-state index contributed by atoms with van der Waals surface area (Å²) in [5.74, 6) is -0.587. The Morgan fingerprint density at radius 1 is 1.29 bits per heavy atom. The molecule has 1 saturated heterocycles. The van der Waals surface area contributed by atoms with Gasteiger partial charge in [-0.3, -0.25) is 4.79 Å². The molecule has 2 heterocycles. The van der Waals surface area contributed by atoms with Gasteiger partial charge in [0.05, 0.1) is 12.1 Å². The normalized spacial score (nSPS) is 17.0. The number of aromatic nitrogens is 4. The Bertz CT molecular complexity index is 1030. The third kappa shape index (κ3) is 5.18. The third-order valence-corrected chi connectivity index (χ3v) is 5.45. The number of amides is 1. The third-order valence-electron chi connectivity index (χ3n) is 5.20. The number of tetrazole rings is 1. The highest BCUT2D eigenvalue weighted by Crippen LogP contribution is 2.29. The molecule has 0 radical (unpaired) electrons. The van der Waals surface area contributed by atoms with E-state index in [0.29, 0.717) is 18.1 Å². The number of hydrogen-bond acceptors (Lipinski definition) is 6. The van der Waals surface area contributed by atoms with E-state index in [1.54, 1.807) is 4.90 Å². The van der Waals surface area contributed by atoms with Gasteiger partial charge >= 0.3 is 0 Å². The van der Waals surface area contributed by atoms with Crippen molar-refractivity contribution in [3.8, 4) is 5.75 Å². The van der Waals surface area contributed by atoms with Gasteiger partial charge in [0.1, 0.15) is 24.3 Å². The first-order valence-electron chi connectivity index (χ1n) is 9.85. The molecule has 3 aromatic rings. The maximum absolute atomic E-state index is 14.6. The minimum Gasteiger partial charge on any atom is -0.491 e. The van der Waals surface area contributed by atoms with Crippen LogP contribution in [0.3, 0.4) is 0 Å². The molecule has 1 aliphatic heterocycles. The number of halogens is 2. The molecule has 1 aliphatic rings. The Hall–Kier alpha value is -3.04. The molecule has 4 rings (SSSR count). The molecule has 0 bridgehead atoms. The summed E-state index contributed by atoms with van der Waals surface area (Å²) in [6.45, 7) is 1.11. The quantitative estimate of drug-likeness (QED) is 0.600. The van der Waals surface area contributed by atoms with Gasteiger partial charge in [-0.2, -0.15) is 4.80 Å². The van der Waals surface area contributed by atoms with E-state index >= 15 is 0 Å². The summed E-state index contributed by atoms with van der Waals surface area (Å²) in [5.41, 5.74) is 1.11. The topological polar surface area (TPSA) is 93.4 Å². The number of hydrogen-bond donors (Lipinski definition) is 1. The van der Waals surface area contributed by atoms with Gasteiger partial charge in [-0.1, -0.05) is 23.7 Å². The van der Waals surface area contributed by atoms with Crippen LogP contribution in [0.15, 0.2) is 48.8 Å². The van der Waals surface area contributed by atoms with Crippen molar-refractivity contribution < 1.29 is 19.0 Å². The zero-order chi connectivity index (χ0) is 21.8. The van der Waals surface area contributed by atoms with Crippen molar-refractivity contribution in [2.45, 2.75) is 25.0 Å². The highest BCUT2D eigenvalue weighted by atomic mass is 35.5. The van der Waals surface area contributed by atoms with Gasteiger partial charge in [0.2, 0.25) is 0 Å². The number of aliphatic hydroxyl groups is 1. The van der Waals surface area contributed by atoms with Crippen molar-refractivity contribution in [3.05, 3.63) is 70.8 Å². The Morgan fingerprint density at radius 2 is 2.10 bits per heavy atom. The summed E-state index contributed by atoms with van der Waals surface area (Å²) >= 11 is 5.94. The van der Waals surface area contributed by atoms with E-state index in [9.17, 15) is 14.3 Å². The van der Waals surface area contributed by atoms with Crippen LogP contribution in [0, 0.1) is 5.82 Å². The van der Waals surface area contributed by atoms with Crippen LogP contribution < -0.4 is 4.74 Å². The molecule has 0 aliphatic carbocycles. The fraction of sp³-hybridized carbons (Fsp3) is 0.333. The number of aliphatic hydroxyl groups excluding tert-OH is 1. The van der Waals surface area contributed by atoms with Crippen LogP contribution >= 0.6 is 11.6 Å². The molecule has 8 nitrogen and oxygen atoms in total. The number of nitrogens with zero attached hydrogens (tertiary/aromatic N) is 5. The van der Waals surface area contributed by atoms with E-state index in [4.69, 9.17) is 16.3 Å². The van der Waals surface area contributed by atoms with Gasteiger partial charge in [-0.25, -0.2) is 4.39 Å². The monoisotopic (exact) mass is 445 g/mol. The second-order valence-electron chi connectivity index (χ2n) is 7.39. The Labute approximate surface area is 183 Å². The van der Waals surface area contributed by atoms with E-state index in [2.05, 4.69) is 15.4 Å². The lowest BCUT2D eigenvalue weighted by atomic mass is 9.99. The molecule has 0 spiro atoms. The average molecular weight is 446 g/mol. The molecule has 2 atom stereocenters. The molecule has 1 N–H and O–H groups in total. The van der Waals surface area contributed by atoms with E-state index in [1.165, 1.54) is 23.3 Å². The largest absolute Gasteiger partial charge is 0.491 e. The maximum atomic E-state index is 14.6. The van der Waals surface area contributed by atoms with Crippen LogP contribution in [0.2, 0.25) is 5.02 Å². The molecular formula is C21H21ClFN5O3. The summed E-state index contributed by atoms with van der Waals surface area (Å²) in [6, 6.07) is 11.7. The molecule has 162 valence electrons. The summed E-state index contributed by atoms with van der Waals surface area (Å²) < 4.78 is 20.0. The first kappa shape index (κ1) is 21.2. The van der Waals surface area contributed by atoms with E-state index < -0.39 is 11.9 Å². The SMILES string of the molecule is O=C(c1ccc(OC[C@H](O)Cn2ncnn2)cc1F)N1CC[C@H](c2ccc(Cl)cc2)C1. The lowest BCUT2D eigenvalue weighted by molar-refractivity contribution is 0.0783. The maximum Gasteiger partial charge on any atom is 0.256 e. The van der Waals surface area contributed by atoms with Crippen molar-refractivity contribution in [1.82, 2.24) is 25.1 Å². The Kier molecular flexibility index (Phi) is 6.43. The lowest BCUT2D eigenvalue weighted by Gasteiger charge is -2.18. The van der Waals surface area contributed by atoms with Crippen LogP contribution in [-0.4, -0.2) is 61.9 Å². The molecule has 1 aromatic heterocycles. The van der Waals surface area contributed by atoms with Crippen molar-refractivity contribution in [1.29, 1.82) is 0 Å². The van der Waals surface area contributed by atoms with Gasteiger partial charge < -0.3 is 14.7 Å². The highest BCUT2D eigenvalue weighted by molar-refractivity contribution is 6.30. The molecule has 2 aromatic carbocycles. The summed E-state index contributed by atoms with van der Waals surface area (Å²) in [5, 5.41) is 21.6. The van der Waals surface area contributed by atoms with Crippen LogP contribution in [0.5, 0.6) is 5.75 Å². The van der Waals surface area contributed by atoms with E-state index in [-0.39, 0.29) is 36.3 Å². The number of ether oxygens (including phenoxy) is 1. The minimum absolute atomic E-state index is 0.00327. The molecule has 31 heavy (non-hydrogen) atoms. The Balaban J connectivity index is 1.34. The average Bonchev–Trinajstić information content (AvgIpc) is 3.45. The molecular weight excluding hydrogens is 425 g/mol. The van der Waals surface area contributed by atoms with E-state index in [0.717, 1.165) is 18.1 Å². The van der Waals surface area contributed by atoms with Crippen LogP contribution in [0.4, 0.5) is 4.39 Å². The zero-order valence-electron chi connectivity index (χ0n) is 16.6. The van der Waals surface area contributed by atoms with Gasteiger partial charge in [-0.05, 0) is 41.5 Å². The fourth-order valence-electron chi connectivity index (χ4n) is 3.59. The predicted molar refractivity (Wildman–Crippen MR) is 110 cm³/mol. The summed E-state index contributed by atoms with van der Waals surface area (Å²) in [7, 11) is 0. The zero-order valence-corrected chi connectivity index (χ0v) is 17.3. The van der Waals surface area contributed by atoms with Crippen molar-refractivity contribution in [2.75, 3.05) is 19.7 Å². The van der Waals surface area contributed by atoms with E-state index in [1.807, 2.05) is 24.3 Å². The number of benzene rings is 2. The Morgan fingerprint density at radius 3 is 2.81 bits per heavy atom. The molecule has 1 fully saturated rings. The van der Waals surface area contributed by atoms with Crippen LogP contribution in [-0.2, 0) is 6.54 Å². The smallest absolute Gasteiger partial charge is 0.256 e. The van der Waals surface area contributed by atoms with Crippen molar-refractivity contribution >= 4 is 17.5 Å². The van der Waals surface area contributed by atoms with Crippen LogP contribution in [0.25, 0.3) is 0 Å². The molecule has 10 heteroatoms. The summed E-state index contributed by atoms with van der Waals surface area (Å²) in [6.07, 6.45) is 1.18. The molecule has 0 saturated carbocycles. The number of likely N-dealkylation sites (tertiary alicyclic amines) is 1. The fourth-order valence-corrected chi connectivity index (χ4v) is 3.71. The molecule has 1 amide bonds. The second kappa shape index (κ2) is 9.40. The van der Waals surface area contributed by atoms with Crippen molar-refractivity contribution in [2.24, 2.45) is 0 Å². The van der Waals surface area contributed by atoms with Gasteiger partial charge in [-0.15, -0.1) is 10.2 Å². The van der Waals surface area contributed by atoms with Gasteiger partial charge in [0.15, 0.2) is 6.33 Å².